The minimum absolute atomic E-state index is 0.338. The molecule has 1 heterocycles. The van der Waals surface area contributed by atoms with Gasteiger partial charge in [0.1, 0.15) is 12.1 Å². The van der Waals surface area contributed by atoms with Crippen LogP contribution >= 0.6 is 11.6 Å². The zero-order valence-electron chi connectivity index (χ0n) is 14.6. The Balaban J connectivity index is 2.19. The van der Waals surface area contributed by atoms with Gasteiger partial charge in [0, 0.05) is 24.0 Å². The highest BCUT2D eigenvalue weighted by Gasteiger charge is 2.32. The normalized spacial score (nSPS) is 13.4. The Morgan fingerprint density at radius 3 is 2.62 bits per heavy atom. The van der Waals surface area contributed by atoms with Crippen LogP contribution in [0.1, 0.15) is 22.8 Å². The number of amides is 1. The van der Waals surface area contributed by atoms with Crippen molar-refractivity contribution >= 4 is 34.2 Å². The largest absolute Gasteiger partial charge is 0.366 e. The van der Waals surface area contributed by atoms with Gasteiger partial charge >= 0.3 is 0 Å². The molecule has 3 aromatic rings. The molecule has 26 heavy (non-hydrogen) atoms. The quantitative estimate of drug-likeness (QED) is 0.720. The van der Waals surface area contributed by atoms with Gasteiger partial charge in [-0.1, -0.05) is 29.8 Å². The van der Waals surface area contributed by atoms with E-state index in [-0.39, 0.29) is 0 Å². The maximum Gasteiger partial charge on any atom is 0.250 e. The average molecular weight is 370 g/mol. The van der Waals surface area contributed by atoms with Crippen LogP contribution in [-0.2, 0) is 5.54 Å². The van der Waals surface area contributed by atoms with E-state index in [1.54, 1.807) is 12.1 Å². The van der Waals surface area contributed by atoms with Crippen LogP contribution in [0.5, 0.6) is 0 Å². The van der Waals surface area contributed by atoms with Crippen LogP contribution in [0.4, 0.5) is 5.82 Å². The molecule has 134 valence electrons. The minimum Gasteiger partial charge on any atom is -0.366 e. The molecular weight excluding hydrogens is 350 g/mol. The van der Waals surface area contributed by atoms with E-state index in [0.29, 0.717) is 28.5 Å². The van der Waals surface area contributed by atoms with Gasteiger partial charge in [0.15, 0.2) is 0 Å². The second-order valence-corrected chi connectivity index (χ2v) is 6.75. The predicted molar refractivity (Wildman–Crippen MR) is 104 cm³/mol. The molecule has 7 heteroatoms. The van der Waals surface area contributed by atoms with E-state index in [1.807, 2.05) is 49.2 Å². The van der Waals surface area contributed by atoms with E-state index in [0.717, 1.165) is 10.9 Å². The lowest BCUT2D eigenvalue weighted by Gasteiger charge is -2.40. The number of anilines is 1. The molecule has 0 radical (unpaired) electrons. The molecule has 0 saturated heterocycles. The van der Waals surface area contributed by atoms with Crippen molar-refractivity contribution in [3.63, 3.8) is 0 Å². The smallest absolute Gasteiger partial charge is 0.250 e. The molecule has 1 aromatic heterocycles. The number of nitrogens with two attached hydrogens (primary N) is 2. The molecule has 0 spiro atoms. The molecule has 0 fully saturated rings. The molecule has 4 N–H and O–H groups in total. The highest BCUT2D eigenvalue weighted by molar-refractivity contribution is 6.30. The summed E-state index contributed by atoms with van der Waals surface area (Å²) in [4.78, 5) is 22.4. The lowest BCUT2D eigenvalue weighted by Crippen LogP contribution is -2.47. The number of rotatable bonds is 5. The number of benzene rings is 2. The van der Waals surface area contributed by atoms with Crippen molar-refractivity contribution in [3.05, 3.63) is 64.9 Å². The number of nitrogens with zero attached hydrogens (tertiary/aromatic N) is 3. The van der Waals surface area contributed by atoms with E-state index < -0.39 is 11.4 Å². The highest BCUT2D eigenvalue weighted by atomic mass is 35.5. The minimum atomic E-state index is -0.561. The van der Waals surface area contributed by atoms with E-state index >= 15 is 0 Å². The Morgan fingerprint density at radius 2 is 1.96 bits per heavy atom. The Bertz CT molecular complexity index is 977. The van der Waals surface area contributed by atoms with Crippen LogP contribution < -0.4 is 16.4 Å². The van der Waals surface area contributed by atoms with Crippen LogP contribution in [-0.4, -0.2) is 29.5 Å². The van der Waals surface area contributed by atoms with Crippen LogP contribution in [0.25, 0.3) is 10.9 Å². The summed E-state index contributed by atoms with van der Waals surface area (Å²) < 4.78 is 0. The van der Waals surface area contributed by atoms with Crippen molar-refractivity contribution in [2.75, 3.05) is 18.5 Å². The van der Waals surface area contributed by atoms with Gasteiger partial charge in [0.2, 0.25) is 0 Å². The lowest BCUT2D eigenvalue weighted by molar-refractivity contribution is 0.100. The van der Waals surface area contributed by atoms with E-state index in [4.69, 9.17) is 23.1 Å². The molecule has 0 aliphatic heterocycles. The van der Waals surface area contributed by atoms with Crippen LogP contribution in [0, 0.1) is 0 Å². The van der Waals surface area contributed by atoms with Gasteiger partial charge in [0.25, 0.3) is 5.91 Å². The molecule has 2 aromatic carbocycles. The summed E-state index contributed by atoms with van der Waals surface area (Å²) in [5.74, 6) is 0.130. The summed E-state index contributed by atoms with van der Waals surface area (Å²) in [6, 6.07) is 12.9. The third-order valence-corrected chi connectivity index (χ3v) is 5.05. The molecule has 0 aliphatic rings. The van der Waals surface area contributed by atoms with Gasteiger partial charge in [-0.05, 0) is 36.8 Å². The van der Waals surface area contributed by atoms with Crippen molar-refractivity contribution in [1.82, 2.24) is 9.97 Å². The number of primary amides is 1. The van der Waals surface area contributed by atoms with Gasteiger partial charge in [0.05, 0.1) is 16.6 Å². The standard InChI is InChI=1S/C19H20ClN5O/c1-19(10-21,12-5-3-6-13(20)9-12)25(2)18-15-8-4-7-14(17(22)26)16(15)23-11-24-18/h3-9,11H,10,21H2,1-2H3,(H2,22,26). The molecule has 1 unspecified atom stereocenters. The van der Waals surface area contributed by atoms with Crippen molar-refractivity contribution in [2.45, 2.75) is 12.5 Å². The summed E-state index contributed by atoms with van der Waals surface area (Å²) >= 11 is 6.17. The van der Waals surface area contributed by atoms with Gasteiger partial charge in [-0.3, -0.25) is 4.79 Å². The lowest BCUT2D eigenvalue weighted by atomic mass is 9.90. The maximum atomic E-state index is 11.7. The number of likely N-dealkylation sites (N-methyl/N-ethyl adjacent to an activating group) is 1. The number of halogens is 1. The van der Waals surface area contributed by atoms with Crippen LogP contribution in [0.3, 0.4) is 0 Å². The summed E-state index contributed by atoms with van der Waals surface area (Å²) in [7, 11) is 1.91. The zero-order chi connectivity index (χ0) is 18.9. The second-order valence-electron chi connectivity index (χ2n) is 6.31. The van der Waals surface area contributed by atoms with E-state index in [2.05, 4.69) is 9.97 Å². The predicted octanol–water partition coefficient (Wildman–Crippen LogP) is 2.69. The first-order valence-corrected chi connectivity index (χ1v) is 8.49. The topological polar surface area (TPSA) is 98.1 Å². The fourth-order valence-electron chi connectivity index (χ4n) is 3.05. The third kappa shape index (κ3) is 2.98. The number of aromatic nitrogens is 2. The van der Waals surface area contributed by atoms with Crippen molar-refractivity contribution in [1.29, 1.82) is 0 Å². The van der Waals surface area contributed by atoms with Gasteiger partial charge in [-0.15, -0.1) is 0 Å². The van der Waals surface area contributed by atoms with Crippen LogP contribution in [0.2, 0.25) is 5.02 Å². The van der Waals surface area contributed by atoms with Crippen LogP contribution in [0.15, 0.2) is 48.8 Å². The molecular formula is C19H20ClN5O. The van der Waals surface area contributed by atoms with Crippen molar-refractivity contribution < 1.29 is 4.79 Å². The summed E-state index contributed by atoms with van der Waals surface area (Å²) in [6.07, 6.45) is 1.43. The van der Waals surface area contributed by atoms with E-state index in [9.17, 15) is 4.79 Å². The molecule has 3 rings (SSSR count). The summed E-state index contributed by atoms with van der Waals surface area (Å²) in [5, 5.41) is 1.37. The number of hydrogen-bond acceptors (Lipinski definition) is 5. The van der Waals surface area contributed by atoms with Gasteiger partial charge in [-0.25, -0.2) is 9.97 Å². The van der Waals surface area contributed by atoms with E-state index in [1.165, 1.54) is 6.33 Å². The van der Waals surface area contributed by atoms with Crippen molar-refractivity contribution in [2.24, 2.45) is 11.5 Å². The zero-order valence-corrected chi connectivity index (χ0v) is 15.4. The van der Waals surface area contributed by atoms with Gasteiger partial charge < -0.3 is 16.4 Å². The molecule has 1 amide bonds. The molecule has 0 saturated carbocycles. The number of carbonyl (C=O) groups excluding carboxylic acids is 1. The van der Waals surface area contributed by atoms with Crippen molar-refractivity contribution in [3.8, 4) is 0 Å². The summed E-state index contributed by atoms with van der Waals surface area (Å²) in [6.45, 7) is 2.36. The molecule has 0 bridgehead atoms. The SMILES string of the molecule is CN(c1ncnc2c(C(N)=O)cccc12)C(C)(CN)c1cccc(Cl)c1. The molecule has 1 atom stereocenters. The Labute approximate surface area is 156 Å². The Kier molecular flexibility index (Phi) is 4.80. The number of fused-ring (bicyclic) bond motifs is 1. The first-order valence-electron chi connectivity index (χ1n) is 8.12. The monoisotopic (exact) mass is 369 g/mol. The second kappa shape index (κ2) is 6.90. The fraction of sp³-hybridized carbons (Fsp3) is 0.211. The highest BCUT2D eigenvalue weighted by Crippen LogP contribution is 2.34. The Hall–Kier alpha value is -2.70. The average Bonchev–Trinajstić information content (AvgIpc) is 2.65. The summed E-state index contributed by atoms with van der Waals surface area (Å²) in [5.41, 5.74) is 12.9. The number of carbonyl (C=O) groups is 1. The van der Waals surface area contributed by atoms with Gasteiger partial charge in [-0.2, -0.15) is 0 Å². The first kappa shape index (κ1) is 18.1. The number of para-hydroxylation sites is 1. The number of hydrogen-bond donors (Lipinski definition) is 2. The Morgan fingerprint density at radius 1 is 1.23 bits per heavy atom. The maximum absolute atomic E-state index is 11.7. The third-order valence-electron chi connectivity index (χ3n) is 4.81. The molecule has 0 aliphatic carbocycles. The first-order chi connectivity index (χ1) is 12.4. The molecule has 6 nitrogen and oxygen atoms in total. The fourth-order valence-corrected chi connectivity index (χ4v) is 3.24.